The number of hydrogen-bond donors (Lipinski definition) is 1. The lowest BCUT2D eigenvalue weighted by molar-refractivity contribution is -0.112. The number of aldehydes is 1. The molecule has 0 bridgehead atoms. The van der Waals surface area contributed by atoms with Gasteiger partial charge in [0, 0.05) is 26.2 Å². The molecule has 1 fully saturated rings. The van der Waals surface area contributed by atoms with Crippen LogP contribution in [-0.4, -0.2) is 43.4 Å². The lowest BCUT2D eigenvalue weighted by Crippen LogP contribution is -2.48. The summed E-state index contributed by atoms with van der Waals surface area (Å²) in [5.74, 6) is 0. The van der Waals surface area contributed by atoms with Crippen LogP contribution < -0.4 is 5.32 Å². The van der Waals surface area contributed by atoms with E-state index in [2.05, 4.69) is 17.1 Å². The Morgan fingerprint density at radius 2 is 2.17 bits per heavy atom. The highest BCUT2D eigenvalue weighted by atomic mass is 16.1. The van der Waals surface area contributed by atoms with Crippen LogP contribution in [0.25, 0.3) is 0 Å². The van der Waals surface area contributed by atoms with Crippen LogP contribution in [0.1, 0.15) is 19.8 Å². The average molecular weight is 170 g/mol. The fourth-order valence-electron chi connectivity index (χ4n) is 1.65. The van der Waals surface area contributed by atoms with E-state index >= 15 is 0 Å². The molecule has 0 aliphatic carbocycles. The van der Waals surface area contributed by atoms with Crippen molar-refractivity contribution in [2.75, 3.05) is 26.2 Å². The van der Waals surface area contributed by atoms with Crippen LogP contribution in [0.15, 0.2) is 0 Å². The first-order chi connectivity index (χ1) is 5.88. The number of rotatable bonds is 4. The minimum atomic E-state index is 0.164. The zero-order chi connectivity index (χ0) is 8.81. The summed E-state index contributed by atoms with van der Waals surface area (Å²) in [6.07, 6.45) is 3.19. The molecule has 70 valence electrons. The summed E-state index contributed by atoms with van der Waals surface area (Å²) in [4.78, 5) is 13.0. The van der Waals surface area contributed by atoms with E-state index in [-0.39, 0.29) is 6.04 Å². The zero-order valence-corrected chi connectivity index (χ0v) is 7.75. The number of piperazine rings is 1. The Morgan fingerprint density at radius 3 is 2.67 bits per heavy atom. The van der Waals surface area contributed by atoms with E-state index in [9.17, 15) is 4.79 Å². The normalized spacial score (nSPS) is 22.1. The van der Waals surface area contributed by atoms with E-state index in [0.717, 1.165) is 45.3 Å². The fraction of sp³-hybridized carbons (Fsp3) is 0.889. The van der Waals surface area contributed by atoms with Crippen molar-refractivity contribution in [2.24, 2.45) is 0 Å². The highest BCUT2D eigenvalue weighted by molar-refractivity contribution is 5.57. The van der Waals surface area contributed by atoms with Crippen LogP contribution >= 0.6 is 0 Å². The summed E-state index contributed by atoms with van der Waals surface area (Å²) in [6, 6.07) is 0.164. The SMILES string of the molecule is CCCC(C=O)N1CCNCC1. The van der Waals surface area contributed by atoms with Gasteiger partial charge >= 0.3 is 0 Å². The lowest BCUT2D eigenvalue weighted by Gasteiger charge is -2.31. The molecular formula is C9H18N2O. The third kappa shape index (κ3) is 2.57. The average Bonchev–Trinajstić information content (AvgIpc) is 2.15. The monoisotopic (exact) mass is 170 g/mol. The van der Waals surface area contributed by atoms with Crippen molar-refractivity contribution in [3.8, 4) is 0 Å². The molecule has 3 nitrogen and oxygen atoms in total. The number of carbonyl (C=O) groups is 1. The number of nitrogens with one attached hydrogen (secondary N) is 1. The maximum atomic E-state index is 10.7. The smallest absolute Gasteiger partial charge is 0.137 e. The Kier molecular flexibility index (Phi) is 4.25. The molecule has 1 saturated heterocycles. The van der Waals surface area contributed by atoms with E-state index in [4.69, 9.17) is 0 Å². The predicted octanol–water partition coefficient (Wildman–Crippen LogP) is 0.259. The quantitative estimate of drug-likeness (QED) is 0.614. The van der Waals surface area contributed by atoms with Crippen molar-refractivity contribution in [3.63, 3.8) is 0 Å². The molecule has 3 heteroatoms. The topological polar surface area (TPSA) is 32.3 Å². The van der Waals surface area contributed by atoms with Gasteiger partial charge in [-0.15, -0.1) is 0 Å². The van der Waals surface area contributed by atoms with Gasteiger partial charge in [-0.1, -0.05) is 13.3 Å². The molecule has 1 aliphatic rings. The van der Waals surface area contributed by atoms with Crippen LogP contribution in [-0.2, 0) is 4.79 Å². The summed E-state index contributed by atoms with van der Waals surface area (Å²) in [5, 5.41) is 3.28. The molecule has 1 aliphatic heterocycles. The minimum Gasteiger partial charge on any atom is -0.314 e. The van der Waals surface area contributed by atoms with E-state index in [1.54, 1.807) is 0 Å². The molecule has 0 aromatic carbocycles. The number of carbonyl (C=O) groups excluding carboxylic acids is 1. The van der Waals surface area contributed by atoms with Gasteiger partial charge in [-0.25, -0.2) is 0 Å². The second-order valence-corrected chi connectivity index (χ2v) is 3.28. The molecule has 0 saturated carbocycles. The first-order valence-corrected chi connectivity index (χ1v) is 4.78. The summed E-state index contributed by atoms with van der Waals surface area (Å²) in [7, 11) is 0. The molecule has 1 unspecified atom stereocenters. The molecule has 0 radical (unpaired) electrons. The summed E-state index contributed by atoms with van der Waals surface area (Å²) >= 11 is 0. The summed E-state index contributed by atoms with van der Waals surface area (Å²) < 4.78 is 0. The molecular weight excluding hydrogens is 152 g/mol. The molecule has 0 spiro atoms. The second kappa shape index (κ2) is 5.27. The van der Waals surface area contributed by atoms with Gasteiger partial charge in [0.15, 0.2) is 0 Å². The Hall–Kier alpha value is -0.410. The molecule has 0 amide bonds. The van der Waals surface area contributed by atoms with Gasteiger partial charge in [0.25, 0.3) is 0 Å². The number of nitrogens with zero attached hydrogens (tertiary/aromatic N) is 1. The molecule has 0 aromatic rings. The van der Waals surface area contributed by atoms with Gasteiger partial charge in [-0.05, 0) is 6.42 Å². The van der Waals surface area contributed by atoms with E-state index in [1.807, 2.05) is 0 Å². The Bertz CT molecular complexity index is 132. The van der Waals surface area contributed by atoms with Crippen molar-refractivity contribution in [3.05, 3.63) is 0 Å². The van der Waals surface area contributed by atoms with Gasteiger partial charge in [-0.3, -0.25) is 4.90 Å². The van der Waals surface area contributed by atoms with Crippen molar-refractivity contribution in [2.45, 2.75) is 25.8 Å². The van der Waals surface area contributed by atoms with Crippen molar-refractivity contribution >= 4 is 6.29 Å². The highest BCUT2D eigenvalue weighted by Gasteiger charge is 2.18. The first-order valence-electron chi connectivity index (χ1n) is 4.78. The number of hydrogen-bond acceptors (Lipinski definition) is 3. The molecule has 1 rings (SSSR count). The van der Waals surface area contributed by atoms with Crippen LogP contribution in [0, 0.1) is 0 Å². The molecule has 1 atom stereocenters. The standard InChI is InChI=1S/C9H18N2O/c1-2-3-9(8-12)11-6-4-10-5-7-11/h8-10H,2-7H2,1H3. The van der Waals surface area contributed by atoms with Crippen LogP contribution in [0.4, 0.5) is 0 Å². The van der Waals surface area contributed by atoms with E-state index in [1.165, 1.54) is 0 Å². The summed E-state index contributed by atoms with van der Waals surface area (Å²) in [6.45, 7) is 6.20. The second-order valence-electron chi connectivity index (χ2n) is 3.28. The third-order valence-electron chi connectivity index (χ3n) is 2.36. The zero-order valence-electron chi connectivity index (χ0n) is 7.75. The van der Waals surface area contributed by atoms with Crippen molar-refractivity contribution in [1.82, 2.24) is 10.2 Å². The van der Waals surface area contributed by atoms with Gasteiger partial charge in [0.1, 0.15) is 6.29 Å². The van der Waals surface area contributed by atoms with Gasteiger partial charge in [0.05, 0.1) is 6.04 Å². The maximum Gasteiger partial charge on any atom is 0.137 e. The largest absolute Gasteiger partial charge is 0.314 e. The predicted molar refractivity (Wildman–Crippen MR) is 49.2 cm³/mol. The van der Waals surface area contributed by atoms with Crippen LogP contribution in [0.5, 0.6) is 0 Å². The maximum absolute atomic E-state index is 10.7. The Morgan fingerprint density at radius 1 is 1.50 bits per heavy atom. The Balaban J connectivity index is 2.34. The Labute approximate surface area is 74.1 Å². The van der Waals surface area contributed by atoms with Crippen molar-refractivity contribution in [1.29, 1.82) is 0 Å². The first kappa shape index (κ1) is 9.68. The van der Waals surface area contributed by atoms with Crippen LogP contribution in [0.3, 0.4) is 0 Å². The minimum absolute atomic E-state index is 0.164. The molecule has 0 aromatic heterocycles. The van der Waals surface area contributed by atoms with E-state index < -0.39 is 0 Å². The highest BCUT2D eigenvalue weighted by Crippen LogP contribution is 2.05. The lowest BCUT2D eigenvalue weighted by atomic mass is 10.1. The fourth-order valence-corrected chi connectivity index (χ4v) is 1.65. The van der Waals surface area contributed by atoms with Gasteiger partial charge in [-0.2, -0.15) is 0 Å². The summed E-state index contributed by atoms with van der Waals surface area (Å²) in [5.41, 5.74) is 0. The van der Waals surface area contributed by atoms with E-state index in [0.29, 0.717) is 0 Å². The van der Waals surface area contributed by atoms with Crippen molar-refractivity contribution < 1.29 is 4.79 Å². The molecule has 1 heterocycles. The molecule has 1 N–H and O–H groups in total. The molecule has 12 heavy (non-hydrogen) atoms. The van der Waals surface area contributed by atoms with Gasteiger partial charge in [0.2, 0.25) is 0 Å². The third-order valence-corrected chi connectivity index (χ3v) is 2.36. The van der Waals surface area contributed by atoms with Gasteiger partial charge < -0.3 is 10.1 Å². The van der Waals surface area contributed by atoms with Crippen LogP contribution in [0.2, 0.25) is 0 Å².